The summed E-state index contributed by atoms with van der Waals surface area (Å²) >= 11 is 3.24. The van der Waals surface area contributed by atoms with Gasteiger partial charge in [-0.1, -0.05) is 6.07 Å². The van der Waals surface area contributed by atoms with E-state index in [4.69, 9.17) is 0 Å². The zero-order valence-corrected chi connectivity index (χ0v) is 12.1. The van der Waals surface area contributed by atoms with Gasteiger partial charge in [0.15, 0.2) is 0 Å². The van der Waals surface area contributed by atoms with E-state index in [0.717, 1.165) is 0 Å². The van der Waals surface area contributed by atoms with Gasteiger partial charge in [0.1, 0.15) is 10.3 Å². The second-order valence-electron chi connectivity index (χ2n) is 4.09. The highest BCUT2D eigenvalue weighted by molar-refractivity contribution is 9.10. The predicted octanol–water partition coefficient (Wildman–Crippen LogP) is 1.37. The molecular formula is C12H14BrN3O3. The molecule has 2 heterocycles. The maximum Gasteiger partial charge on any atom is 0.409 e. The zero-order valence-electron chi connectivity index (χ0n) is 10.5. The molecule has 2 amide bonds. The number of amides is 2. The van der Waals surface area contributed by atoms with E-state index in [9.17, 15) is 9.59 Å². The Kier molecular flexibility index (Phi) is 4.36. The first-order valence-corrected chi connectivity index (χ1v) is 6.66. The van der Waals surface area contributed by atoms with E-state index < -0.39 is 0 Å². The van der Waals surface area contributed by atoms with Crippen LogP contribution in [0.5, 0.6) is 0 Å². The normalized spacial score (nSPS) is 15.3. The Morgan fingerprint density at radius 3 is 2.42 bits per heavy atom. The smallest absolute Gasteiger partial charge is 0.409 e. The van der Waals surface area contributed by atoms with Crippen LogP contribution in [0.1, 0.15) is 10.5 Å². The Labute approximate surface area is 119 Å². The fourth-order valence-electron chi connectivity index (χ4n) is 1.91. The number of halogens is 1. The lowest BCUT2D eigenvalue weighted by Crippen LogP contribution is -2.50. The van der Waals surface area contributed by atoms with E-state index in [2.05, 4.69) is 25.7 Å². The van der Waals surface area contributed by atoms with Gasteiger partial charge in [-0.15, -0.1) is 0 Å². The van der Waals surface area contributed by atoms with Crippen molar-refractivity contribution in [3.63, 3.8) is 0 Å². The van der Waals surface area contributed by atoms with Crippen molar-refractivity contribution in [1.29, 1.82) is 0 Å². The van der Waals surface area contributed by atoms with Crippen LogP contribution in [0.15, 0.2) is 22.8 Å². The van der Waals surface area contributed by atoms with Crippen molar-refractivity contribution >= 4 is 27.9 Å². The van der Waals surface area contributed by atoms with Gasteiger partial charge in [-0.3, -0.25) is 4.79 Å². The second-order valence-corrected chi connectivity index (χ2v) is 4.91. The average molecular weight is 328 g/mol. The third-order valence-corrected chi connectivity index (χ3v) is 3.38. The minimum absolute atomic E-state index is 0.120. The Hall–Kier alpha value is -1.63. The van der Waals surface area contributed by atoms with E-state index >= 15 is 0 Å². The molecule has 1 aromatic heterocycles. The Morgan fingerprint density at radius 1 is 1.21 bits per heavy atom. The van der Waals surface area contributed by atoms with Gasteiger partial charge in [-0.05, 0) is 28.1 Å². The van der Waals surface area contributed by atoms with Crippen molar-refractivity contribution < 1.29 is 14.3 Å². The molecule has 2 rings (SSSR count). The quantitative estimate of drug-likeness (QED) is 0.731. The minimum Gasteiger partial charge on any atom is -0.453 e. The summed E-state index contributed by atoms with van der Waals surface area (Å²) in [6.07, 6.45) is -0.354. The van der Waals surface area contributed by atoms with Gasteiger partial charge in [-0.2, -0.15) is 0 Å². The number of carbonyl (C=O) groups excluding carboxylic acids is 2. The number of nitrogens with zero attached hydrogens (tertiary/aromatic N) is 3. The second kappa shape index (κ2) is 6.01. The van der Waals surface area contributed by atoms with Crippen LogP contribution in [0.25, 0.3) is 0 Å². The maximum atomic E-state index is 12.2. The molecule has 19 heavy (non-hydrogen) atoms. The molecule has 1 aliphatic heterocycles. The van der Waals surface area contributed by atoms with Crippen LogP contribution in [0.3, 0.4) is 0 Å². The van der Waals surface area contributed by atoms with Crippen molar-refractivity contribution in [1.82, 2.24) is 14.8 Å². The van der Waals surface area contributed by atoms with Crippen LogP contribution < -0.4 is 0 Å². The number of hydrogen-bond donors (Lipinski definition) is 0. The summed E-state index contributed by atoms with van der Waals surface area (Å²) in [6.45, 7) is 1.93. The van der Waals surface area contributed by atoms with E-state index in [1.807, 2.05) is 0 Å². The molecule has 1 aromatic rings. The lowest BCUT2D eigenvalue weighted by molar-refractivity contribution is 0.0594. The minimum atomic E-state index is -0.354. The summed E-state index contributed by atoms with van der Waals surface area (Å²) in [5, 5.41) is 0. The number of aromatic nitrogens is 1. The van der Waals surface area contributed by atoms with Gasteiger partial charge in [0, 0.05) is 26.2 Å². The van der Waals surface area contributed by atoms with E-state index in [-0.39, 0.29) is 12.0 Å². The fraction of sp³-hybridized carbons (Fsp3) is 0.417. The third-order valence-electron chi connectivity index (χ3n) is 2.93. The van der Waals surface area contributed by atoms with Crippen LogP contribution in [0.2, 0.25) is 0 Å². The number of ether oxygens (including phenoxy) is 1. The lowest BCUT2D eigenvalue weighted by atomic mass is 10.2. The Bertz CT molecular complexity index is 487. The molecule has 0 radical (unpaired) electrons. The molecule has 6 nitrogen and oxygen atoms in total. The van der Waals surface area contributed by atoms with E-state index in [1.165, 1.54) is 7.11 Å². The van der Waals surface area contributed by atoms with Gasteiger partial charge >= 0.3 is 6.09 Å². The first-order chi connectivity index (χ1) is 9.11. The average Bonchev–Trinajstić information content (AvgIpc) is 2.46. The van der Waals surface area contributed by atoms with Gasteiger partial charge < -0.3 is 14.5 Å². The SMILES string of the molecule is COC(=O)N1CCN(C(=O)c2cccc(Br)n2)CC1. The van der Waals surface area contributed by atoms with Crippen molar-refractivity contribution in [2.45, 2.75) is 0 Å². The standard InChI is InChI=1S/C12H14BrN3O3/c1-19-12(18)16-7-5-15(6-8-16)11(17)9-3-2-4-10(13)14-9/h2-4H,5-8H2,1H3. The number of methoxy groups -OCH3 is 1. The zero-order chi connectivity index (χ0) is 13.8. The van der Waals surface area contributed by atoms with Gasteiger partial charge in [0.05, 0.1) is 7.11 Å². The first-order valence-electron chi connectivity index (χ1n) is 5.86. The molecule has 0 aliphatic carbocycles. The number of hydrogen-bond acceptors (Lipinski definition) is 4. The number of carbonyl (C=O) groups is 2. The molecule has 1 aliphatic rings. The molecule has 1 fully saturated rings. The summed E-state index contributed by atoms with van der Waals surface area (Å²) in [6, 6.07) is 5.22. The number of rotatable bonds is 1. The van der Waals surface area contributed by atoms with Crippen LogP contribution in [0, 0.1) is 0 Å². The molecule has 0 atom stereocenters. The van der Waals surface area contributed by atoms with Crippen LogP contribution >= 0.6 is 15.9 Å². The van der Waals surface area contributed by atoms with Gasteiger partial charge in [-0.25, -0.2) is 9.78 Å². The molecule has 0 N–H and O–H groups in total. The Balaban J connectivity index is 1.98. The highest BCUT2D eigenvalue weighted by atomic mass is 79.9. The van der Waals surface area contributed by atoms with Crippen LogP contribution in [-0.4, -0.2) is 60.1 Å². The predicted molar refractivity (Wildman–Crippen MR) is 71.8 cm³/mol. The fourth-order valence-corrected chi connectivity index (χ4v) is 2.25. The molecule has 0 unspecified atom stereocenters. The first kappa shape index (κ1) is 13.8. The highest BCUT2D eigenvalue weighted by Gasteiger charge is 2.25. The van der Waals surface area contributed by atoms with Crippen molar-refractivity contribution in [2.24, 2.45) is 0 Å². The van der Waals surface area contributed by atoms with Gasteiger partial charge in [0.25, 0.3) is 5.91 Å². The van der Waals surface area contributed by atoms with Crippen molar-refractivity contribution in [3.05, 3.63) is 28.5 Å². The molecule has 0 bridgehead atoms. The summed E-state index contributed by atoms with van der Waals surface area (Å²) in [5.41, 5.74) is 0.404. The molecule has 0 spiro atoms. The largest absolute Gasteiger partial charge is 0.453 e. The van der Waals surface area contributed by atoms with E-state index in [0.29, 0.717) is 36.5 Å². The maximum absolute atomic E-state index is 12.2. The molecule has 7 heteroatoms. The topological polar surface area (TPSA) is 62.7 Å². The lowest BCUT2D eigenvalue weighted by Gasteiger charge is -2.33. The van der Waals surface area contributed by atoms with Crippen molar-refractivity contribution in [3.8, 4) is 0 Å². The summed E-state index contributed by atoms with van der Waals surface area (Å²) in [4.78, 5) is 31.0. The summed E-state index contributed by atoms with van der Waals surface area (Å²) < 4.78 is 5.28. The Morgan fingerprint density at radius 2 is 1.84 bits per heavy atom. The highest BCUT2D eigenvalue weighted by Crippen LogP contribution is 2.11. The number of pyridine rings is 1. The number of piperazine rings is 1. The molecule has 0 aromatic carbocycles. The van der Waals surface area contributed by atoms with Crippen LogP contribution in [-0.2, 0) is 4.74 Å². The molecule has 0 saturated carbocycles. The monoisotopic (exact) mass is 327 g/mol. The third kappa shape index (κ3) is 3.23. The molecule has 102 valence electrons. The van der Waals surface area contributed by atoms with Crippen LogP contribution in [0.4, 0.5) is 4.79 Å². The summed E-state index contributed by atoms with van der Waals surface area (Å²) in [5.74, 6) is -0.120. The van der Waals surface area contributed by atoms with E-state index in [1.54, 1.807) is 28.0 Å². The summed E-state index contributed by atoms with van der Waals surface area (Å²) in [7, 11) is 1.35. The molecular weight excluding hydrogens is 314 g/mol. The van der Waals surface area contributed by atoms with Gasteiger partial charge in [0.2, 0.25) is 0 Å². The molecule has 1 saturated heterocycles. The van der Waals surface area contributed by atoms with Crippen molar-refractivity contribution in [2.75, 3.05) is 33.3 Å².